The highest BCUT2D eigenvalue weighted by molar-refractivity contribution is 6.31. The fraction of sp³-hybridized carbons (Fsp3) is 0.250. The largest absolute Gasteiger partial charge is 0.334 e. The van der Waals surface area contributed by atoms with Gasteiger partial charge in [-0.3, -0.25) is 10.1 Å². The Morgan fingerprint density at radius 2 is 2.33 bits per heavy atom. The van der Waals surface area contributed by atoms with Gasteiger partial charge >= 0.3 is 12.2 Å². The first kappa shape index (κ1) is 8.85. The Kier molecular flexibility index (Phi) is 2.22. The van der Waals surface area contributed by atoms with Crippen molar-refractivity contribution >= 4 is 17.3 Å². The highest BCUT2D eigenvalue weighted by Crippen LogP contribution is 2.26. The van der Waals surface area contributed by atoms with Crippen LogP contribution in [0.5, 0.6) is 0 Å². The molecular formula is C4H2ClF2N3O2. The van der Waals surface area contributed by atoms with E-state index in [0.717, 1.165) is 0 Å². The van der Waals surface area contributed by atoms with Crippen molar-refractivity contribution in [3.63, 3.8) is 0 Å². The van der Waals surface area contributed by atoms with Gasteiger partial charge in [-0.15, -0.1) is 0 Å². The molecule has 1 aromatic rings. The molecule has 0 aliphatic rings. The van der Waals surface area contributed by atoms with Gasteiger partial charge in [0.1, 0.15) is 6.20 Å². The third kappa shape index (κ3) is 1.35. The third-order valence-corrected chi connectivity index (χ3v) is 1.47. The number of rotatable bonds is 2. The molecule has 0 saturated heterocycles. The molecule has 0 bridgehead atoms. The molecule has 0 amide bonds. The predicted molar refractivity (Wildman–Crippen MR) is 35.1 cm³/mol. The van der Waals surface area contributed by atoms with E-state index in [-0.39, 0.29) is 4.68 Å². The summed E-state index contributed by atoms with van der Waals surface area (Å²) in [6.45, 7) is -2.97. The zero-order valence-electron chi connectivity index (χ0n) is 5.45. The van der Waals surface area contributed by atoms with Crippen molar-refractivity contribution in [1.82, 2.24) is 9.78 Å². The van der Waals surface area contributed by atoms with E-state index in [2.05, 4.69) is 5.10 Å². The summed E-state index contributed by atoms with van der Waals surface area (Å²) in [4.78, 5) is 9.20. The van der Waals surface area contributed by atoms with E-state index in [1.54, 1.807) is 0 Å². The number of hydrogen-bond acceptors (Lipinski definition) is 3. The molecule has 8 heteroatoms. The second-order valence-electron chi connectivity index (χ2n) is 1.80. The fourth-order valence-electron chi connectivity index (χ4n) is 0.597. The smallest absolute Gasteiger partial charge is 0.258 e. The fourth-order valence-corrected chi connectivity index (χ4v) is 0.832. The quantitative estimate of drug-likeness (QED) is 0.537. The van der Waals surface area contributed by atoms with E-state index in [4.69, 9.17) is 11.6 Å². The van der Waals surface area contributed by atoms with E-state index in [1.807, 2.05) is 0 Å². The number of nitrogens with zero attached hydrogens (tertiary/aromatic N) is 3. The lowest BCUT2D eigenvalue weighted by Crippen LogP contribution is -1.99. The maximum atomic E-state index is 11.9. The molecule has 0 unspecified atom stereocenters. The molecule has 0 N–H and O–H groups in total. The van der Waals surface area contributed by atoms with Crippen molar-refractivity contribution in [2.45, 2.75) is 6.55 Å². The summed E-state index contributed by atoms with van der Waals surface area (Å²) in [6, 6.07) is 0. The van der Waals surface area contributed by atoms with E-state index < -0.39 is 22.3 Å². The molecular weight excluding hydrogens is 196 g/mol. The zero-order chi connectivity index (χ0) is 9.30. The minimum Gasteiger partial charge on any atom is -0.258 e. The van der Waals surface area contributed by atoms with Gasteiger partial charge in [0.15, 0.2) is 0 Å². The molecule has 66 valence electrons. The molecule has 5 nitrogen and oxygen atoms in total. The Bertz CT molecular complexity index is 313. The normalized spacial score (nSPS) is 10.7. The minimum atomic E-state index is -2.97. The second kappa shape index (κ2) is 3.02. The summed E-state index contributed by atoms with van der Waals surface area (Å²) < 4.78 is 23.9. The van der Waals surface area contributed by atoms with Crippen LogP contribution in [-0.2, 0) is 0 Å². The highest BCUT2D eigenvalue weighted by Gasteiger charge is 2.22. The van der Waals surface area contributed by atoms with Crippen molar-refractivity contribution in [2.24, 2.45) is 0 Å². The van der Waals surface area contributed by atoms with Gasteiger partial charge in [0.2, 0.25) is 5.15 Å². The van der Waals surface area contributed by atoms with Crippen LogP contribution in [0.3, 0.4) is 0 Å². The van der Waals surface area contributed by atoms with Crippen molar-refractivity contribution < 1.29 is 13.7 Å². The third-order valence-electron chi connectivity index (χ3n) is 1.10. The van der Waals surface area contributed by atoms with E-state index >= 15 is 0 Å². The summed E-state index contributed by atoms with van der Waals surface area (Å²) in [5, 5.41) is 12.4. The lowest BCUT2D eigenvalue weighted by molar-refractivity contribution is -0.384. The van der Waals surface area contributed by atoms with Gasteiger partial charge in [0.05, 0.1) is 4.92 Å². The van der Waals surface area contributed by atoms with E-state index in [1.165, 1.54) is 0 Å². The van der Waals surface area contributed by atoms with Crippen molar-refractivity contribution in [1.29, 1.82) is 0 Å². The van der Waals surface area contributed by atoms with Crippen LogP contribution in [0.2, 0.25) is 5.15 Å². The lowest BCUT2D eigenvalue weighted by atomic mass is 10.6. The molecule has 1 heterocycles. The molecule has 0 radical (unpaired) electrons. The molecule has 0 aliphatic heterocycles. The molecule has 0 spiro atoms. The second-order valence-corrected chi connectivity index (χ2v) is 2.16. The minimum absolute atomic E-state index is 0.0691. The van der Waals surface area contributed by atoms with Gasteiger partial charge in [0, 0.05) is 0 Å². The summed E-state index contributed by atoms with van der Waals surface area (Å²) in [5.74, 6) is 0. The number of alkyl halides is 2. The summed E-state index contributed by atoms with van der Waals surface area (Å²) in [7, 11) is 0. The lowest BCUT2D eigenvalue weighted by Gasteiger charge is -1.97. The van der Waals surface area contributed by atoms with Crippen LogP contribution in [0.15, 0.2) is 6.20 Å². The number of hydrogen-bond donors (Lipinski definition) is 0. The van der Waals surface area contributed by atoms with Crippen LogP contribution in [0, 0.1) is 10.1 Å². The maximum Gasteiger partial charge on any atom is 0.334 e. The van der Waals surface area contributed by atoms with E-state index in [9.17, 15) is 18.9 Å². The van der Waals surface area contributed by atoms with Crippen LogP contribution < -0.4 is 0 Å². The van der Waals surface area contributed by atoms with Crippen molar-refractivity contribution in [3.8, 4) is 0 Å². The molecule has 0 aromatic carbocycles. The molecule has 1 rings (SSSR count). The maximum absolute atomic E-state index is 11.9. The highest BCUT2D eigenvalue weighted by atomic mass is 35.5. The molecule has 1 aromatic heterocycles. The van der Waals surface area contributed by atoms with Crippen LogP contribution in [0.1, 0.15) is 6.55 Å². The van der Waals surface area contributed by atoms with Crippen molar-refractivity contribution in [3.05, 3.63) is 21.5 Å². The Balaban J connectivity index is 3.13. The molecule has 12 heavy (non-hydrogen) atoms. The standard InChI is InChI=1S/C4H2ClF2N3O2/c5-3-2(10(11)12)1-8-9(3)4(6)7/h1,4H. The predicted octanol–water partition coefficient (Wildman–Crippen LogP) is 1.84. The molecule has 0 aliphatic carbocycles. The van der Waals surface area contributed by atoms with Gasteiger partial charge in [-0.2, -0.15) is 18.6 Å². The van der Waals surface area contributed by atoms with Crippen LogP contribution >= 0.6 is 11.6 Å². The number of aromatic nitrogens is 2. The summed E-state index contributed by atoms with van der Waals surface area (Å²) >= 11 is 5.19. The molecule has 0 saturated carbocycles. The van der Waals surface area contributed by atoms with Crippen LogP contribution in [0.25, 0.3) is 0 Å². The van der Waals surface area contributed by atoms with Gasteiger partial charge in [0.25, 0.3) is 0 Å². The number of nitro groups is 1. The zero-order valence-corrected chi connectivity index (χ0v) is 6.20. The topological polar surface area (TPSA) is 61.0 Å². The summed E-state index contributed by atoms with van der Waals surface area (Å²) in [5.41, 5.74) is -0.628. The van der Waals surface area contributed by atoms with Gasteiger partial charge in [-0.25, -0.2) is 0 Å². The van der Waals surface area contributed by atoms with Gasteiger partial charge < -0.3 is 0 Å². The Morgan fingerprint density at radius 3 is 2.58 bits per heavy atom. The first-order valence-corrected chi connectivity index (χ1v) is 3.07. The van der Waals surface area contributed by atoms with Gasteiger partial charge in [-0.1, -0.05) is 11.6 Å². The van der Waals surface area contributed by atoms with Gasteiger partial charge in [-0.05, 0) is 0 Å². The monoisotopic (exact) mass is 197 g/mol. The average Bonchev–Trinajstić information content (AvgIpc) is 2.30. The Hall–Kier alpha value is -1.24. The van der Waals surface area contributed by atoms with Crippen LogP contribution in [0.4, 0.5) is 14.5 Å². The first-order valence-electron chi connectivity index (χ1n) is 2.69. The molecule has 0 atom stereocenters. The Labute approximate surface area is 69.7 Å². The first-order chi connectivity index (χ1) is 5.54. The SMILES string of the molecule is O=[N+]([O-])c1cnn(C(F)F)c1Cl. The number of halogens is 3. The van der Waals surface area contributed by atoms with E-state index in [0.29, 0.717) is 6.20 Å². The van der Waals surface area contributed by atoms with Crippen LogP contribution in [-0.4, -0.2) is 14.7 Å². The summed E-state index contributed by atoms with van der Waals surface area (Å²) in [6.07, 6.45) is 0.675. The molecule has 0 fully saturated rings. The average molecular weight is 198 g/mol. The Morgan fingerprint density at radius 1 is 1.75 bits per heavy atom. The van der Waals surface area contributed by atoms with Crippen molar-refractivity contribution in [2.75, 3.05) is 0 Å².